The first kappa shape index (κ1) is 11.5. The molecule has 0 radical (unpaired) electrons. The summed E-state index contributed by atoms with van der Waals surface area (Å²) in [6.45, 7) is 7.72. The molecule has 0 aromatic heterocycles. The van der Waals surface area contributed by atoms with Crippen molar-refractivity contribution in [1.82, 2.24) is 0 Å². The zero-order valence-corrected chi connectivity index (χ0v) is 10.6. The minimum absolute atomic E-state index is 0.863. The Hall–Kier alpha value is -2.54. The van der Waals surface area contributed by atoms with Crippen molar-refractivity contribution in [2.24, 2.45) is 0 Å². The predicted molar refractivity (Wildman–Crippen MR) is 81.1 cm³/mol. The minimum atomic E-state index is 0.863. The molecule has 0 unspecified atom stereocenters. The van der Waals surface area contributed by atoms with Gasteiger partial charge in [0.2, 0.25) is 0 Å². The van der Waals surface area contributed by atoms with Crippen molar-refractivity contribution >= 4 is 17.7 Å². The van der Waals surface area contributed by atoms with E-state index in [4.69, 9.17) is 4.74 Å². The van der Waals surface area contributed by atoms with Crippen molar-refractivity contribution in [3.8, 4) is 11.5 Å². The highest BCUT2D eigenvalue weighted by molar-refractivity contribution is 5.81. The Morgan fingerprint density at radius 2 is 1.68 bits per heavy atom. The van der Waals surface area contributed by atoms with Crippen molar-refractivity contribution in [2.75, 3.05) is 0 Å². The number of hydrogen-bond acceptors (Lipinski definition) is 1. The summed E-state index contributed by atoms with van der Waals surface area (Å²) in [6.07, 6.45) is 5.90. The lowest BCUT2D eigenvalue weighted by atomic mass is 10.0. The molecule has 1 aliphatic rings. The van der Waals surface area contributed by atoms with E-state index in [0.29, 0.717) is 0 Å². The van der Waals surface area contributed by atoms with Gasteiger partial charge in [-0.3, -0.25) is 0 Å². The van der Waals surface area contributed by atoms with Crippen LogP contribution in [0.2, 0.25) is 0 Å². The number of allylic oxidation sites excluding steroid dienone is 2. The second-order valence-electron chi connectivity index (χ2n) is 4.46. The molecule has 1 aliphatic heterocycles. The maximum atomic E-state index is 5.95. The van der Waals surface area contributed by atoms with Crippen LogP contribution in [0.4, 0.5) is 0 Å². The van der Waals surface area contributed by atoms with Crippen molar-refractivity contribution in [3.05, 3.63) is 78.4 Å². The Morgan fingerprint density at radius 3 is 2.53 bits per heavy atom. The van der Waals surface area contributed by atoms with Crippen LogP contribution in [0.15, 0.2) is 61.7 Å². The molecule has 0 saturated heterocycles. The number of ether oxygens (including phenoxy) is 1. The third-order valence-electron chi connectivity index (χ3n) is 3.21. The molecule has 0 aliphatic carbocycles. The van der Waals surface area contributed by atoms with Gasteiger partial charge < -0.3 is 4.74 Å². The van der Waals surface area contributed by atoms with E-state index < -0.39 is 0 Å². The average Bonchev–Trinajstić information content (AvgIpc) is 2.64. The molecule has 2 aromatic carbocycles. The molecule has 92 valence electrons. The number of para-hydroxylation sites is 1. The highest BCUT2D eigenvalue weighted by Crippen LogP contribution is 2.35. The van der Waals surface area contributed by atoms with Gasteiger partial charge in [0.05, 0.1) is 0 Å². The predicted octanol–water partition coefficient (Wildman–Crippen LogP) is 5.16. The van der Waals surface area contributed by atoms with Crippen LogP contribution in [0.3, 0.4) is 0 Å². The van der Waals surface area contributed by atoms with Crippen LogP contribution in [0.1, 0.15) is 16.7 Å². The quantitative estimate of drug-likeness (QED) is 0.567. The molecular formula is C18H14O. The Bertz CT molecular complexity index is 693. The molecule has 19 heavy (non-hydrogen) atoms. The van der Waals surface area contributed by atoms with Crippen molar-refractivity contribution < 1.29 is 4.74 Å². The molecule has 0 saturated carbocycles. The lowest BCUT2D eigenvalue weighted by molar-refractivity contribution is 0.481. The van der Waals surface area contributed by atoms with Crippen LogP contribution >= 0.6 is 0 Å². The fourth-order valence-electron chi connectivity index (χ4n) is 2.10. The van der Waals surface area contributed by atoms with E-state index in [1.54, 1.807) is 6.08 Å². The SMILES string of the molecule is C=CC(=C)c1ccc2c(c1)C=Cc1ccccc1O2. The number of fused-ring (bicyclic) bond motifs is 2. The maximum Gasteiger partial charge on any atom is 0.134 e. The number of hydrogen-bond donors (Lipinski definition) is 0. The van der Waals surface area contributed by atoms with Gasteiger partial charge in [-0.05, 0) is 29.3 Å². The van der Waals surface area contributed by atoms with Gasteiger partial charge in [-0.25, -0.2) is 0 Å². The number of rotatable bonds is 2. The van der Waals surface area contributed by atoms with Crippen molar-refractivity contribution in [1.29, 1.82) is 0 Å². The van der Waals surface area contributed by atoms with E-state index in [0.717, 1.165) is 33.8 Å². The van der Waals surface area contributed by atoms with Crippen molar-refractivity contribution in [2.45, 2.75) is 0 Å². The van der Waals surface area contributed by atoms with E-state index in [2.05, 4.69) is 31.4 Å². The largest absolute Gasteiger partial charge is 0.456 e. The van der Waals surface area contributed by atoms with E-state index in [1.165, 1.54) is 0 Å². The van der Waals surface area contributed by atoms with E-state index in [-0.39, 0.29) is 0 Å². The standard InChI is InChI=1S/C18H14O/c1-3-13(2)15-10-11-18-16(12-15)9-8-14-6-4-5-7-17(14)19-18/h3-12H,1-2H2. The summed E-state index contributed by atoms with van der Waals surface area (Å²) >= 11 is 0. The highest BCUT2D eigenvalue weighted by Gasteiger charge is 2.10. The van der Waals surface area contributed by atoms with Gasteiger partial charge in [0, 0.05) is 11.1 Å². The molecule has 2 aromatic rings. The fourth-order valence-corrected chi connectivity index (χ4v) is 2.10. The van der Waals surface area contributed by atoms with E-state index in [1.807, 2.05) is 36.4 Å². The van der Waals surface area contributed by atoms with E-state index >= 15 is 0 Å². The van der Waals surface area contributed by atoms with Crippen LogP contribution in [-0.2, 0) is 0 Å². The molecule has 0 N–H and O–H groups in total. The summed E-state index contributed by atoms with van der Waals surface area (Å²) in [5, 5.41) is 0. The third-order valence-corrected chi connectivity index (χ3v) is 3.21. The fraction of sp³-hybridized carbons (Fsp3) is 0. The molecular weight excluding hydrogens is 232 g/mol. The maximum absolute atomic E-state index is 5.95. The monoisotopic (exact) mass is 246 g/mol. The first-order chi connectivity index (χ1) is 9.28. The van der Waals surface area contributed by atoms with Crippen LogP contribution in [0.25, 0.3) is 17.7 Å². The highest BCUT2D eigenvalue weighted by atomic mass is 16.5. The Labute approximate surface area is 113 Å². The molecule has 0 bridgehead atoms. The second-order valence-corrected chi connectivity index (χ2v) is 4.46. The van der Waals surface area contributed by atoms with Gasteiger partial charge >= 0.3 is 0 Å². The topological polar surface area (TPSA) is 9.23 Å². The van der Waals surface area contributed by atoms with Gasteiger partial charge in [0.15, 0.2) is 0 Å². The molecule has 3 rings (SSSR count). The lowest BCUT2D eigenvalue weighted by Crippen LogP contribution is -1.89. The second kappa shape index (κ2) is 4.62. The Kier molecular flexibility index (Phi) is 2.81. The van der Waals surface area contributed by atoms with Gasteiger partial charge in [-0.15, -0.1) is 0 Å². The van der Waals surface area contributed by atoms with Gasteiger partial charge in [0.1, 0.15) is 11.5 Å². The first-order valence-electron chi connectivity index (χ1n) is 6.18. The molecule has 0 amide bonds. The summed E-state index contributed by atoms with van der Waals surface area (Å²) in [5.74, 6) is 1.75. The average molecular weight is 246 g/mol. The molecule has 1 nitrogen and oxygen atoms in total. The smallest absolute Gasteiger partial charge is 0.134 e. The molecule has 1 heterocycles. The van der Waals surface area contributed by atoms with Gasteiger partial charge in [-0.1, -0.05) is 55.7 Å². The van der Waals surface area contributed by atoms with Crippen LogP contribution in [0, 0.1) is 0 Å². The van der Waals surface area contributed by atoms with Crippen molar-refractivity contribution in [3.63, 3.8) is 0 Å². The number of benzene rings is 2. The molecule has 0 fully saturated rings. The summed E-state index contributed by atoms with van der Waals surface area (Å²) in [7, 11) is 0. The zero-order valence-electron chi connectivity index (χ0n) is 10.6. The third kappa shape index (κ3) is 2.11. The summed E-state index contributed by atoms with van der Waals surface area (Å²) in [6, 6.07) is 14.1. The Balaban J connectivity index is 2.09. The van der Waals surface area contributed by atoms with E-state index in [9.17, 15) is 0 Å². The van der Waals surface area contributed by atoms with Crippen LogP contribution in [-0.4, -0.2) is 0 Å². The summed E-state index contributed by atoms with van der Waals surface area (Å²) in [5.41, 5.74) is 4.12. The van der Waals surface area contributed by atoms with Gasteiger partial charge in [0.25, 0.3) is 0 Å². The summed E-state index contributed by atoms with van der Waals surface area (Å²) in [4.78, 5) is 0. The molecule has 0 atom stereocenters. The first-order valence-corrected chi connectivity index (χ1v) is 6.18. The Morgan fingerprint density at radius 1 is 0.947 bits per heavy atom. The van der Waals surface area contributed by atoms with Crippen LogP contribution < -0.4 is 4.74 Å². The van der Waals surface area contributed by atoms with Gasteiger partial charge in [-0.2, -0.15) is 0 Å². The summed E-state index contributed by atoms with van der Waals surface area (Å²) < 4.78 is 5.95. The minimum Gasteiger partial charge on any atom is -0.456 e. The van der Waals surface area contributed by atoms with Crippen LogP contribution in [0.5, 0.6) is 11.5 Å². The lowest BCUT2D eigenvalue weighted by Gasteiger charge is -2.10. The zero-order chi connectivity index (χ0) is 13.2. The molecule has 1 heteroatoms. The molecule has 0 spiro atoms. The normalized spacial score (nSPS) is 11.8.